The van der Waals surface area contributed by atoms with Crippen LogP contribution in [0.25, 0.3) is 5.52 Å². The van der Waals surface area contributed by atoms with Gasteiger partial charge in [-0.2, -0.15) is 0 Å². The maximum Gasteiger partial charge on any atom is 0.0481 e. The molecule has 0 fully saturated rings. The highest BCUT2D eigenvalue weighted by Gasteiger charge is 1.95. The van der Waals surface area contributed by atoms with Crippen molar-refractivity contribution in [3.63, 3.8) is 0 Å². The molecule has 0 saturated heterocycles. The van der Waals surface area contributed by atoms with Crippen LogP contribution in [0, 0.1) is 13.8 Å². The molecule has 1 heteroatoms. The molecule has 2 aromatic heterocycles. The highest BCUT2D eigenvalue weighted by molar-refractivity contribution is 5.56. The van der Waals surface area contributed by atoms with Crippen molar-refractivity contribution in [3.8, 4) is 0 Å². The predicted molar refractivity (Wildman–Crippen MR) is 46.9 cm³/mol. The van der Waals surface area contributed by atoms with Crippen LogP contribution >= 0.6 is 0 Å². The zero-order valence-corrected chi connectivity index (χ0v) is 6.83. The van der Waals surface area contributed by atoms with Crippen LogP contribution in [0.5, 0.6) is 0 Å². The average Bonchev–Trinajstić information content (AvgIpc) is 2.33. The third-order valence-electron chi connectivity index (χ3n) is 2.03. The highest BCUT2D eigenvalue weighted by atomic mass is 14.8. The molecule has 0 aromatic carbocycles. The molecule has 0 bridgehead atoms. The maximum atomic E-state index is 2.20. The second kappa shape index (κ2) is 2.12. The van der Waals surface area contributed by atoms with E-state index in [9.17, 15) is 0 Å². The first-order valence-electron chi connectivity index (χ1n) is 3.81. The summed E-state index contributed by atoms with van der Waals surface area (Å²) in [6.45, 7) is 4.25. The van der Waals surface area contributed by atoms with Crippen molar-refractivity contribution in [3.05, 3.63) is 41.7 Å². The van der Waals surface area contributed by atoms with Crippen molar-refractivity contribution >= 4 is 5.52 Å². The minimum absolute atomic E-state index is 1.31. The van der Waals surface area contributed by atoms with E-state index in [0.717, 1.165) is 0 Å². The summed E-state index contributed by atoms with van der Waals surface area (Å²) >= 11 is 0. The summed E-state index contributed by atoms with van der Waals surface area (Å²) in [4.78, 5) is 0. The van der Waals surface area contributed by atoms with Crippen molar-refractivity contribution < 1.29 is 0 Å². The van der Waals surface area contributed by atoms with E-state index in [4.69, 9.17) is 0 Å². The van der Waals surface area contributed by atoms with Crippen molar-refractivity contribution in [2.24, 2.45) is 0 Å². The Morgan fingerprint density at radius 3 is 2.64 bits per heavy atom. The number of hydrogen-bond acceptors (Lipinski definition) is 0. The Balaban J connectivity index is 2.87. The summed E-state index contributed by atoms with van der Waals surface area (Å²) in [5, 5.41) is 0. The van der Waals surface area contributed by atoms with Crippen molar-refractivity contribution in [2.45, 2.75) is 13.8 Å². The lowest BCUT2D eigenvalue weighted by Crippen LogP contribution is -1.82. The number of hydrogen-bond donors (Lipinski definition) is 0. The first-order chi connectivity index (χ1) is 5.27. The Morgan fingerprint density at radius 1 is 1.09 bits per heavy atom. The third kappa shape index (κ3) is 0.929. The minimum atomic E-state index is 1.31. The monoisotopic (exact) mass is 145 g/mol. The van der Waals surface area contributed by atoms with Crippen LogP contribution in [-0.2, 0) is 0 Å². The molecule has 0 N–H and O–H groups in total. The van der Waals surface area contributed by atoms with Crippen LogP contribution in [0.1, 0.15) is 11.1 Å². The van der Waals surface area contributed by atoms with Gasteiger partial charge in [-0.3, -0.25) is 0 Å². The minimum Gasteiger partial charge on any atom is -0.324 e. The van der Waals surface area contributed by atoms with E-state index in [0.29, 0.717) is 0 Å². The van der Waals surface area contributed by atoms with E-state index in [1.54, 1.807) is 0 Å². The van der Waals surface area contributed by atoms with Crippen LogP contribution in [-0.4, -0.2) is 4.40 Å². The van der Waals surface area contributed by atoms with Gasteiger partial charge in [0.05, 0.1) is 0 Å². The molecule has 0 unspecified atom stereocenters. The molecule has 0 radical (unpaired) electrons. The molecule has 2 rings (SSSR count). The molecule has 2 aromatic rings. The topological polar surface area (TPSA) is 4.41 Å². The van der Waals surface area contributed by atoms with Gasteiger partial charge in [0.2, 0.25) is 0 Å². The molecule has 0 aliphatic rings. The first kappa shape index (κ1) is 6.47. The zero-order valence-electron chi connectivity index (χ0n) is 6.83. The van der Waals surface area contributed by atoms with E-state index in [-0.39, 0.29) is 0 Å². The van der Waals surface area contributed by atoms with Crippen molar-refractivity contribution in [2.75, 3.05) is 0 Å². The summed E-state index contributed by atoms with van der Waals surface area (Å²) in [6, 6.07) is 6.45. The Morgan fingerprint density at radius 2 is 1.82 bits per heavy atom. The summed E-state index contributed by atoms with van der Waals surface area (Å²) < 4.78 is 2.14. The second-order valence-electron chi connectivity index (χ2n) is 3.00. The van der Waals surface area contributed by atoms with Crippen molar-refractivity contribution in [1.29, 1.82) is 0 Å². The van der Waals surface area contributed by atoms with Crippen molar-refractivity contribution in [1.82, 2.24) is 4.40 Å². The molecule has 0 spiro atoms. The quantitative estimate of drug-likeness (QED) is 0.536. The third-order valence-corrected chi connectivity index (χ3v) is 2.03. The summed E-state index contributed by atoms with van der Waals surface area (Å²) in [7, 11) is 0. The fourth-order valence-corrected chi connectivity index (χ4v) is 1.34. The van der Waals surface area contributed by atoms with Gasteiger partial charge in [-0.15, -0.1) is 0 Å². The predicted octanol–water partition coefficient (Wildman–Crippen LogP) is 2.56. The SMILES string of the molecule is Cc1ccn2ccc(C)c2c1. The Labute approximate surface area is 66.3 Å². The van der Waals surface area contributed by atoms with Gasteiger partial charge in [0.15, 0.2) is 0 Å². The molecule has 1 nitrogen and oxygen atoms in total. The van der Waals surface area contributed by atoms with E-state index in [1.807, 2.05) is 0 Å². The molecule has 0 saturated carbocycles. The molecular formula is C10H11N. The lowest BCUT2D eigenvalue weighted by Gasteiger charge is -1.96. The first-order valence-corrected chi connectivity index (χ1v) is 3.81. The molecular weight excluding hydrogens is 134 g/mol. The number of pyridine rings is 1. The van der Waals surface area contributed by atoms with Crippen LogP contribution in [0.15, 0.2) is 30.6 Å². The number of aromatic nitrogens is 1. The Kier molecular flexibility index (Phi) is 1.25. The van der Waals surface area contributed by atoms with E-state index < -0.39 is 0 Å². The molecule has 56 valence electrons. The fraction of sp³-hybridized carbons (Fsp3) is 0.200. The van der Waals surface area contributed by atoms with Gasteiger partial charge in [0.25, 0.3) is 0 Å². The fourth-order valence-electron chi connectivity index (χ4n) is 1.34. The molecule has 0 atom stereocenters. The smallest absolute Gasteiger partial charge is 0.0481 e. The normalized spacial score (nSPS) is 10.7. The lowest BCUT2D eigenvalue weighted by molar-refractivity contribution is 1.18. The highest BCUT2D eigenvalue weighted by Crippen LogP contribution is 2.12. The molecule has 2 heterocycles. The number of rotatable bonds is 0. The van der Waals surface area contributed by atoms with Gasteiger partial charge in [-0.25, -0.2) is 0 Å². The van der Waals surface area contributed by atoms with Crippen LogP contribution in [0.4, 0.5) is 0 Å². The lowest BCUT2D eigenvalue weighted by atomic mass is 10.2. The van der Waals surface area contributed by atoms with Crippen LogP contribution in [0.2, 0.25) is 0 Å². The van der Waals surface area contributed by atoms with E-state index in [2.05, 4.69) is 48.8 Å². The molecule has 0 amide bonds. The zero-order chi connectivity index (χ0) is 7.84. The average molecular weight is 145 g/mol. The molecule has 0 aliphatic carbocycles. The summed E-state index contributed by atoms with van der Waals surface area (Å²) in [6.07, 6.45) is 4.18. The van der Waals surface area contributed by atoms with E-state index >= 15 is 0 Å². The van der Waals surface area contributed by atoms with Gasteiger partial charge in [-0.1, -0.05) is 0 Å². The van der Waals surface area contributed by atoms with Gasteiger partial charge in [-0.05, 0) is 43.2 Å². The maximum absolute atomic E-state index is 2.20. The summed E-state index contributed by atoms with van der Waals surface area (Å²) in [5.41, 5.74) is 3.97. The van der Waals surface area contributed by atoms with Crippen LogP contribution < -0.4 is 0 Å². The number of aryl methyl sites for hydroxylation is 2. The number of fused-ring (bicyclic) bond motifs is 1. The largest absolute Gasteiger partial charge is 0.324 e. The second-order valence-corrected chi connectivity index (χ2v) is 3.00. The standard InChI is InChI=1S/C10H11N/c1-8-3-5-11-6-4-9(2)10(11)7-8/h3-7H,1-2H3. The van der Waals surface area contributed by atoms with Gasteiger partial charge < -0.3 is 4.40 Å². The Hall–Kier alpha value is -1.24. The molecule has 11 heavy (non-hydrogen) atoms. The van der Waals surface area contributed by atoms with Crippen LogP contribution in [0.3, 0.4) is 0 Å². The summed E-state index contributed by atoms with van der Waals surface area (Å²) in [5.74, 6) is 0. The van der Waals surface area contributed by atoms with E-state index in [1.165, 1.54) is 16.6 Å². The number of nitrogens with zero attached hydrogens (tertiary/aromatic N) is 1. The Bertz CT molecular complexity index is 385. The molecule has 0 aliphatic heterocycles. The van der Waals surface area contributed by atoms with Gasteiger partial charge in [0, 0.05) is 17.9 Å². The van der Waals surface area contributed by atoms with Gasteiger partial charge >= 0.3 is 0 Å². The van der Waals surface area contributed by atoms with Gasteiger partial charge in [0.1, 0.15) is 0 Å².